The van der Waals surface area contributed by atoms with E-state index in [4.69, 9.17) is 54.7 Å². The fourth-order valence-corrected chi connectivity index (χ4v) is 3.73. The van der Waals surface area contributed by atoms with E-state index in [-0.39, 0.29) is 23.8 Å². The van der Waals surface area contributed by atoms with Gasteiger partial charge in [-0.1, -0.05) is 54.2 Å². The molecular weight excluding hydrogens is 603 g/mol. The predicted molar refractivity (Wildman–Crippen MR) is 181 cm³/mol. The molecule has 14 heteroatoms. The molecule has 0 saturated heterocycles. The molecule has 0 fully saturated rings. The molecule has 3 rings (SSSR count). The first-order valence-corrected chi connectivity index (χ1v) is 14.7. The molecule has 12 nitrogen and oxygen atoms in total. The predicted octanol–water partition coefficient (Wildman–Crippen LogP) is 5.58. The van der Waals surface area contributed by atoms with Crippen molar-refractivity contribution in [3.05, 3.63) is 88.9 Å². The smallest absolute Gasteiger partial charge is 0.199 e. The number of halogens is 2. The zero-order chi connectivity index (χ0) is 32.2. The Labute approximate surface area is 267 Å². The van der Waals surface area contributed by atoms with Gasteiger partial charge in [0.15, 0.2) is 30.1 Å². The zero-order valence-corrected chi connectivity index (χ0v) is 25.9. The van der Waals surface area contributed by atoms with Crippen LogP contribution in [-0.4, -0.2) is 48.3 Å². The molecule has 0 saturated carbocycles. The molecule has 44 heavy (non-hydrogen) atoms. The lowest BCUT2D eigenvalue weighted by Gasteiger charge is -2.13. The van der Waals surface area contributed by atoms with Crippen molar-refractivity contribution in [3.8, 4) is 5.75 Å². The van der Waals surface area contributed by atoms with Crippen LogP contribution in [0.4, 0.5) is 11.4 Å². The minimum absolute atomic E-state index is 0.00148. The Hall–Kier alpha value is -4.52. The number of anilines is 2. The zero-order valence-electron chi connectivity index (χ0n) is 24.4. The summed E-state index contributed by atoms with van der Waals surface area (Å²) in [6.45, 7) is 2.82. The topological polar surface area (TPSA) is 197 Å². The largest absolute Gasteiger partial charge is 0.465 e. The Kier molecular flexibility index (Phi) is 16.5. The summed E-state index contributed by atoms with van der Waals surface area (Å²) in [6, 6.07) is 23.1. The Morgan fingerprint density at radius 3 is 1.43 bits per heavy atom. The first kappa shape index (κ1) is 35.7. The number of ether oxygens (including phenoxy) is 1. The van der Waals surface area contributed by atoms with E-state index in [0.717, 1.165) is 25.7 Å². The van der Waals surface area contributed by atoms with Crippen molar-refractivity contribution in [2.24, 2.45) is 0 Å². The second-order valence-corrected chi connectivity index (χ2v) is 10.2. The number of nitrogens with one attached hydrogen (secondary N) is 10. The van der Waals surface area contributed by atoms with Crippen molar-refractivity contribution in [3.63, 3.8) is 0 Å². The number of aliphatic hydroxyl groups excluding tert-OH is 1. The highest BCUT2D eigenvalue weighted by molar-refractivity contribution is 6.31. The first-order chi connectivity index (χ1) is 21.1. The summed E-state index contributed by atoms with van der Waals surface area (Å²) in [7, 11) is 0. The fourth-order valence-electron chi connectivity index (χ4n) is 3.48. The summed E-state index contributed by atoms with van der Waals surface area (Å²) in [5.74, 6) is 0.805. The van der Waals surface area contributed by atoms with Crippen molar-refractivity contribution >= 4 is 58.4 Å². The van der Waals surface area contributed by atoms with Gasteiger partial charge in [0.25, 0.3) is 0 Å². The molecule has 0 heterocycles. The summed E-state index contributed by atoms with van der Waals surface area (Å²) in [4.78, 5) is 0. The SMILES string of the molecule is CC(O)Oc1ccccc1.N=C(NCCCCCCNC(=N)NC(=N)Nc1ccc(Cl)cc1)NC(=N)Nc1ccc(Cl)cc1. The van der Waals surface area contributed by atoms with Crippen LogP contribution in [0, 0.1) is 21.6 Å². The molecule has 11 N–H and O–H groups in total. The molecule has 0 aliphatic carbocycles. The minimum Gasteiger partial charge on any atom is -0.465 e. The van der Waals surface area contributed by atoms with Crippen LogP contribution in [-0.2, 0) is 0 Å². The van der Waals surface area contributed by atoms with E-state index >= 15 is 0 Å². The maximum Gasteiger partial charge on any atom is 0.199 e. The van der Waals surface area contributed by atoms with Gasteiger partial charge in [0.1, 0.15) is 5.75 Å². The molecule has 1 atom stereocenters. The molecule has 0 spiro atoms. The summed E-state index contributed by atoms with van der Waals surface area (Å²) in [5.41, 5.74) is 1.42. The number of guanidine groups is 4. The number of rotatable bonds is 11. The van der Waals surface area contributed by atoms with Gasteiger partial charge in [0.2, 0.25) is 0 Å². The number of hydrogen-bond acceptors (Lipinski definition) is 6. The van der Waals surface area contributed by atoms with E-state index in [1.54, 1.807) is 67.6 Å². The lowest BCUT2D eigenvalue weighted by molar-refractivity contribution is -0.000291. The summed E-state index contributed by atoms with van der Waals surface area (Å²) >= 11 is 11.7. The highest BCUT2D eigenvalue weighted by Crippen LogP contribution is 2.14. The molecule has 0 aliphatic rings. The molecule has 0 radical (unpaired) electrons. The van der Waals surface area contributed by atoms with E-state index in [9.17, 15) is 0 Å². The molecular formula is C30H40Cl2N10O2. The van der Waals surface area contributed by atoms with Crippen LogP contribution in [0.2, 0.25) is 10.0 Å². The Morgan fingerprint density at radius 1 is 0.636 bits per heavy atom. The molecule has 0 bridgehead atoms. The lowest BCUT2D eigenvalue weighted by atomic mass is 10.2. The molecule has 0 amide bonds. The van der Waals surface area contributed by atoms with Crippen LogP contribution < -0.4 is 36.6 Å². The van der Waals surface area contributed by atoms with Gasteiger partial charge in [-0.25, -0.2) is 0 Å². The van der Waals surface area contributed by atoms with E-state index in [2.05, 4.69) is 31.9 Å². The van der Waals surface area contributed by atoms with Crippen molar-refractivity contribution in [2.45, 2.75) is 38.9 Å². The maximum atomic E-state index is 8.78. The Bertz CT molecular complexity index is 1230. The van der Waals surface area contributed by atoms with Crippen molar-refractivity contribution in [1.82, 2.24) is 21.3 Å². The van der Waals surface area contributed by atoms with E-state index in [1.165, 1.54) is 0 Å². The van der Waals surface area contributed by atoms with Crippen LogP contribution in [0.3, 0.4) is 0 Å². The standard InChI is InChI=1S/C22H30Cl2N10.C8H10O2/c23-15-5-9-17(10-6-15)31-21(27)33-19(25)29-13-3-1-2-4-14-30-20(26)34-22(28)32-18-11-7-16(24)8-12-18;1-7(9)10-8-5-3-2-4-6-8/h5-12H,1-4,13-14H2,(H5,25,27,29,31,33)(H5,26,28,30,32,34);2-7,9H,1H3. The fraction of sp³-hybridized carbons (Fsp3) is 0.267. The third-order valence-corrected chi connectivity index (χ3v) is 5.99. The average Bonchev–Trinajstić information content (AvgIpc) is 2.97. The average molecular weight is 644 g/mol. The Balaban J connectivity index is 0.000000569. The van der Waals surface area contributed by atoms with Gasteiger partial charge in [-0.15, -0.1) is 0 Å². The molecule has 0 aliphatic heterocycles. The highest BCUT2D eigenvalue weighted by atomic mass is 35.5. The maximum absolute atomic E-state index is 8.78. The monoisotopic (exact) mass is 642 g/mol. The van der Waals surface area contributed by atoms with Crippen LogP contribution in [0.1, 0.15) is 32.6 Å². The first-order valence-electron chi connectivity index (χ1n) is 13.9. The second kappa shape index (κ2) is 20.4. The molecule has 0 aromatic heterocycles. The van der Waals surface area contributed by atoms with Gasteiger partial charge in [-0.05, 0) is 80.4 Å². The number of para-hydroxylation sites is 1. The number of unbranched alkanes of at least 4 members (excludes halogenated alkanes) is 3. The highest BCUT2D eigenvalue weighted by Gasteiger charge is 2.03. The van der Waals surface area contributed by atoms with Gasteiger partial charge < -0.3 is 31.1 Å². The third kappa shape index (κ3) is 16.8. The molecule has 1 unspecified atom stereocenters. The molecule has 3 aromatic carbocycles. The minimum atomic E-state index is -0.734. The van der Waals surface area contributed by atoms with Gasteiger partial charge in [0, 0.05) is 34.5 Å². The van der Waals surface area contributed by atoms with Crippen molar-refractivity contribution in [1.29, 1.82) is 21.6 Å². The number of aliphatic hydroxyl groups is 1. The van der Waals surface area contributed by atoms with E-state index in [1.807, 2.05) is 18.2 Å². The second-order valence-electron chi connectivity index (χ2n) is 9.31. The van der Waals surface area contributed by atoms with Crippen LogP contribution in [0.5, 0.6) is 5.75 Å². The third-order valence-electron chi connectivity index (χ3n) is 5.48. The van der Waals surface area contributed by atoms with E-state index in [0.29, 0.717) is 40.3 Å². The summed E-state index contributed by atoms with van der Waals surface area (Å²) < 4.78 is 4.97. The quantitative estimate of drug-likeness (QED) is 0.0551. The van der Waals surface area contributed by atoms with Gasteiger partial charge in [0.05, 0.1) is 0 Å². The summed E-state index contributed by atoms with van der Waals surface area (Å²) in [5, 5.41) is 58.3. The summed E-state index contributed by atoms with van der Waals surface area (Å²) in [6.07, 6.45) is 2.97. The lowest BCUT2D eigenvalue weighted by Crippen LogP contribution is -2.43. The molecule has 236 valence electrons. The van der Waals surface area contributed by atoms with Crippen LogP contribution in [0.25, 0.3) is 0 Å². The number of hydrogen-bond donors (Lipinski definition) is 11. The van der Waals surface area contributed by atoms with Gasteiger partial charge in [-0.3, -0.25) is 32.3 Å². The van der Waals surface area contributed by atoms with Crippen LogP contribution >= 0.6 is 23.2 Å². The van der Waals surface area contributed by atoms with Crippen molar-refractivity contribution < 1.29 is 9.84 Å². The Morgan fingerprint density at radius 2 is 1.05 bits per heavy atom. The van der Waals surface area contributed by atoms with Gasteiger partial charge in [-0.2, -0.15) is 0 Å². The normalized spacial score (nSPS) is 10.6. The van der Waals surface area contributed by atoms with Crippen LogP contribution in [0.15, 0.2) is 78.9 Å². The van der Waals surface area contributed by atoms with E-state index < -0.39 is 6.29 Å². The van der Waals surface area contributed by atoms with Crippen molar-refractivity contribution in [2.75, 3.05) is 23.7 Å². The number of benzene rings is 3. The van der Waals surface area contributed by atoms with Gasteiger partial charge >= 0.3 is 0 Å². The molecule has 3 aromatic rings.